The second-order valence-corrected chi connectivity index (χ2v) is 5.61. The molecule has 122 valence electrons. The third kappa shape index (κ3) is 3.47. The van der Waals surface area contributed by atoms with Crippen LogP contribution in [-0.2, 0) is 27.3 Å². The van der Waals surface area contributed by atoms with Crippen molar-refractivity contribution >= 4 is 11.9 Å². The first-order chi connectivity index (χ1) is 10.4. The monoisotopic (exact) mass is 309 g/mol. The first-order valence-corrected chi connectivity index (χ1v) is 7.55. The zero-order chi connectivity index (χ0) is 16.3. The quantitative estimate of drug-likeness (QED) is 0.881. The minimum absolute atomic E-state index is 0.120. The molecular formula is C15H23N3O4. The molecule has 7 nitrogen and oxygen atoms in total. The molecule has 1 N–H and O–H groups in total. The van der Waals surface area contributed by atoms with E-state index in [1.807, 2.05) is 13.8 Å². The Morgan fingerprint density at radius 3 is 2.73 bits per heavy atom. The molecule has 1 saturated heterocycles. The zero-order valence-electron chi connectivity index (χ0n) is 13.3. The smallest absolute Gasteiger partial charge is 0.310 e. The third-order valence-electron chi connectivity index (χ3n) is 4.14. The topological polar surface area (TPSA) is 84.7 Å². The van der Waals surface area contributed by atoms with E-state index in [4.69, 9.17) is 9.84 Å². The summed E-state index contributed by atoms with van der Waals surface area (Å²) in [6.07, 6.45) is 0.879. The van der Waals surface area contributed by atoms with Crippen LogP contribution in [0.4, 0.5) is 0 Å². The number of carbonyl (C=O) groups excluding carboxylic acids is 1. The molecule has 0 saturated carbocycles. The summed E-state index contributed by atoms with van der Waals surface area (Å²) >= 11 is 0. The molecule has 1 fully saturated rings. The van der Waals surface area contributed by atoms with Crippen molar-refractivity contribution < 1.29 is 19.4 Å². The van der Waals surface area contributed by atoms with Crippen LogP contribution in [-0.4, -0.2) is 58.0 Å². The number of rotatable bonds is 4. The molecule has 2 heterocycles. The maximum absolute atomic E-state index is 12.5. The van der Waals surface area contributed by atoms with Gasteiger partial charge < -0.3 is 14.7 Å². The number of hydrogen-bond donors (Lipinski definition) is 1. The number of ether oxygens (including phenoxy) is 1. The van der Waals surface area contributed by atoms with E-state index < -0.39 is 11.9 Å². The van der Waals surface area contributed by atoms with Crippen molar-refractivity contribution in [1.82, 2.24) is 14.7 Å². The Bertz CT molecular complexity index is 567. The van der Waals surface area contributed by atoms with Crippen molar-refractivity contribution in [3.8, 4) is 0 Å². The lowest BCUT2D eigenvalue weighted by atomic mass is 10.1. The molecule has 1 aromatic heterocycles. The van der Waals surface area contributed by atoms with Gasteiger partial charge in [-0.05, 0) is 25.8 Å². The summed E-state index contributed by atoms with van der Waals surface area (Å²) in [5.74, 6) is -1.72. The maximum Gasteiger partial charge on any atom is 0.310 e. The van der Waals surface area contributed by atoms with Gasteiger partial charge in [-0.15, -0.1) is 0 Å². The normalized spacial score (nSPS) is 19.0. The molecule has 7 heteroatoms. The van der Waals surface area contributed by atoms with Gasteiger partial charge in [-0.2, -0.15) is 5.10 Å². The van der Waals surface area contributed by atoms with Gasteiger partial charge >= 0.3 is 5.97 Å². The summed E-state index contributed by atoms with van der Waals surface area (Å²) in [4.78, 5) is 25.2. The van der Waals surface area contributed by atoms with Crippen LogP contribution in [0.3, 0.4) is 0 Å². The second-order valence-electron chi connectivity index (χ2n) is 5.61. The average molecular weight is 309 g/mol. The van der Waals surface area contributed by atoms with Gasteiger partial charge in [0.25, 0.3) is 0 Å². The Kier molecular flexibility index (Phi) is 5.18. The number of carboxylic acid groups (broad SMARTS) is 1. The number of hydrogen-bond acceptors (Lipinski definition) is 4. The summed E-state index contributed by atoms with van der Waals surface area (Å²) in [5.41, 5.74) is 3.10. The second kappa shape index (κ2) is 6.91. The number of amides is 1. The van der Waals surface area contributed by atoms with E-state index in [0.29, 0.717) is 13.2 Å². The summed E-state index contributed by atoms with van der Waals surface area (Å²) in [7, 11) is 0. The van der Waals surface area contributed by atoms with Gasteiger partial charge in [0.05, 0.1) is 24.8 Å². The largest absolute Gasteiger partial charge is 0.481 e. The van der Waals surface area contributed by atoms with E-state index >= 15 is 0 Å². The molecule has 0 radical (unpaired) electrons. The van der Waals surface area contributed by atoms with Gasteiger partial charge in [0.1, 0.15) is 6.54 Å². The molecular weight excluding hydrogens is 286 g/mol. The third-order valence-corrected chi connectivity index (χ3v) is 4.14. The number of nitrogens with zero attached hydrogens (tertiary/aromatic N) is 3. The Labute approximate surface area is 129 Å². The average Bonchev–Trinajstić information content (AvgIpc) is 2.67. The fourth-order valence-electron chi connectivity index (χ4n) is 2.81. The van der Waals surface area contributed by atoms with E-state index in [1.165, 1.54) is 0 Å². The number of carboxylic acids is 1. The molecule has 1 aliphatic rings. The van der Waals surface area contributed by atoms with Crippen LogP contribution in [0.15, 0.2) is 0 Å². The highest BCUT2D eigenvalue weighted by Gasteiger charge is 2.27. The van der Waals surface area contributed by atoms with Crippen molar-refractivity contribution in [3.05, 3.63) is 17.0 Å². The first-order valence-electron chi connectivity index (χ1n) is 7.55. The summed E-state index contributed by atoms with van der Waals surface area (Å²) in [6.45, 7) is 7.22. The number of aromatic nitrogens is 2. The van der Waals surface area contributed by atoms with Crippen molar-refractivity contribution in [3.63, 3.8) is 0 Å². The van der Waals surface area contributed by atoms with Gasteiger partial charge in [0, 0.05) is 18.8 Å². The molecule has 0 bridgehead atoms. The van der Waals surface area contributed by atoms with Crippen LogP contribution in [0.1, 0.15) is 23.9 Å². The highest BCUT2D eigenvalue weighted by Crippen LogP contribution is 2.14. The van der Waals surface area contributed by atoms with Crippen molar-refractivity contribution in [2.75, 3.05) is 26.3 Å². The maximum atomic E-state index is 12.5. The summed E-state index contributed by atoms with van der Waals surface area (Å²) < 4.78 is 6.97. The van der Waals surface area contributed by atoms with E-state index in [1.54, 1.807) is 9.58 Å². The number of aryl methyl sites for hydroxylation is 1. The highest BCUT2D eigenvalue weighted by atomic mass is 16.5. The minimum Gasteiger partial charge on any atom is -0.481 e. The Morgan fingerprint density at radius 1 is 1.41 bits per heavy atom. The fourth-order valence-corrected chi connectivity index (χ4v) is 2.81. The fraction of sp³-hybridized carbons (Fsp3) is 0.667. The SMILES string of the molecule is CCc1c(C)nn(CC(=O)N2CCOCC(C(=O)O)C2)c1C. The Balaban J connectivity index is 2.09. The molecule has 1 atom stereocenters. The van der Waals surface area contributed by atoms with Gasteiger partial charge in [-0.25, -0.2) is 0 Å². The Hall–Kier alpha value is -1.89. The van der Waals surface area contributed by atoms with Crippen molar-refractivity contribution in [2.45, 2.75) is 33.7 Å². The number of aliphatic carboxylic acids is 1. The number of carbonyl (C=O) groups is 2. The van der Waals surface area contributed by atoms with Gasteiger partial charge in [0.15, 0.2) is 0 Å². The van der Waals surface area contributed by atoms with E-state index in [-0.39, 0.29) is 25.6 Å². The lowest BCUT2D eigenvalue weighted by molar-refractivity contribution is -0.144. The highest BCUT2D eigenvalue weighted by molar-refractivity contribution is 5.77. The van der Waals surface area contributed by atoms with Crippen LogP contribution in [0.5, 0.6) is 0 Å². The molecule has 0 aromatic carbocycles. The van der Waals surface area contributed by atoms with Gasteiger partial charge in [-0.3, -0.25) is 14.3 Å². The lowest BCUT2D eigenvalue weighted by Crippen LogP contribution is -2.40. The molecule has 1 amide bonds. The summed E-state index contributed by atoms with van der Waals surface area (Å²) in [6, 6.07) is 0. The van der Waals surface area contributed by atoms with E-state index in [0.717, 1.165) is 23.4 Å². The molecule has 1 aromatic rings. The van der Waals surface area contributed by atoms with Crippen LogP contribution < -0.4 is 0 Å². The van der Waals surface area contributed by atoms with Crippen molar-refractivity contribution in [1.29, 1.82) is 0 Å². The molecule has 2 rings (SSSR count). The minimum atomic E-state index is -0.931. The van der Waals surface area contributed by atoms with Gasteiger partial charge in [-0.1, -0.05) is 6.92 Å². The predicted octanol–water partition coefficient (Wildman–Crippen LogP) is 0.622. The van der Waals surface area contributed by atoms with Crippen LogP contribution in [0.25, 0.3) is 0 Å². The molecule has 0 aliphatic carbocycles. The summed E-state index contributed by atoms with van der Waals surface area (Å²) in [5, 5.41) is 13.5. The van der Waals surface area contributed by atoms with Gasteiger partial charge in [0.2, 0.25) is 5.91 Å². The standard InChI is InChI=1S/C15H23N3O4/c1-4-13-10(2)16-18(11(13)3)8-14(19)17-5-6-22-9-12(7-17)15(20)21/h12H,4-9H2,1-3H3,(H,20,21). The van der Waals surface area contributed by atoms with Crippen molar-refractivity contribution in [2.24, 2.45) is 5.92 Å². The lowest BCUT2D eigenvalue weighted by Gasteiger charge is -2.22. The molecule has 1 unspecified atom stereocenters. The predicted molar refractivity (Wildman–Crippen MR) is 79.6 cm³/mol. The zero-order valence-corrected chi connectivity index (χ0v) is 13.3. The van der Waals surface area contributed by atoms with Crippen LogP contribution in [0, 0.1) is 19.8 Å². The van der Waals surface area contributed by atoms with E-state index in [2.05, 4.69) is 12.0 Å². The Morgan fingerprint density at radius 2 is 2.14 bits per heavy atom. The van der Waals surface area contributed by atoms with E-state index in [9.17, 15) is 9.59 Å². The molecule has 1 aliphatic heterocycles. The molecule has 22 heavy (non-hydrogen) atoms. The first kappa shape index (κ1) is 16.5. The molecule has 0 spiro atoms. The van der Waals surface area contributed by atoms with Crippen LogP contribution in [0.2, 0.25) is 0 Å². The van der Waals surface area contributed by atoms with Crippen LogP contribution >= 0.6 is 0 Å².